The van der Waals surface area contributed by atoms with E-state index in [4.69, 9.17) is 4.74 Å². The Bertz CT molecular complexity index is 593. The van der Waals surface area contributed by atoms with Gasteiger partial charge in [-0.15, -0.1) is 24.0 Å². The lowest BCUT2D eigenvalue weighted by Crippen LogP contribution is -2.46. The molecule has 1 heterocycles. The van der Waals surface area contributed by atoms with Crippen LogP contribution in [0.4, 0.5) is 8.78 Å². The van der Waals surface area contributed by atoms with Gasteiger partial charge in [-0.1, -0.05) is 0 Å². The molecule has 27 heavy (non-hydrogen) atoms. The third-order valence-electron chi connectivity index (χ3n) is 4.20. The summed E-state index contributed by atoms with van der Waals surface area (Å²) in [4.78, 5) is 6.76. The molecule has 1 aromatic rings. The predicted octanol–water partition coefficient (Wildman–Crippen LogP) is 3.14. The molecule has 0 aliphatic carbocycles. The Morgan fingerprint density at radius 3 is 2.59 bits per heavy atom. The molecule has 0 aromatic heterocycles. The minimum atomic E-state index is -0.455. The molecule has 0 amide bonds. The van der Waals surface area contributed by atoms with Gasteiger partial charge in [0, 0.05) is 38.3 Å². The molecule has 0 spiro atoms. The maximum absolute atomic E-state index is 13.7. The fourth-order valence-electron chi connectivity index (χ4n) is 3.15. The van der Waals surface area contributed by atoms with Crippen molar-refractivity contribution in [2.45, 2.75) is 45.9 Å². The quantitative estimate of drug-likeness (QED) is 0.264. The molecule has 2 unspecified atom stereocenters. The maximum Gasteiger partial charge on any atom is 0.191 e. The Kier molecular flexibility index (Phi) is 11.1. The number of rotatable bonds is 7. The van der Waals surface area contributed by atoms with Crippen molar-refractivity contribution in [1.29, 1.82) is 0 Å². The molecule has 154 valence electrons. The minimum Gasteiger partial charge on any atom is -0.373 e. The predicted molar refractivity (Wildman–Crippen MR) is 116 cm³/mol. The van der Waals surface area contributed by atoms with E-state index in [9.17, 15) is 8.78 Å². The normalized spacial score (nSPS) is 20.9. The first-order valence-electron chi connectivity index (χ1n) is 9.31. The van der Waals surface area contributed by atoms with Crippen LogP contribution in [0.3, 0.4) is 0 Å². The van der Waals surface area contributed by atoms with E-state index < -0.39 is 11.6 Å². The highest BCUT2D eigenvalue weighted by molar-refractivity contribution is 14.0. The zero-order valence-corrected chi connectivity index (χ0v) is 18.6. The summed E-state index contributed by atoms with van der Waals surface area (Å²) in [6.45, 7) is 10.6. The number of ether oxygens (including phenoxy) is 1. The number of halogens is 3. The monoisotopic (exact) mass is 496 g/mol. The molecule has 1 aromatic carbocycles. The number of nitrogens with zero attached hydrogens (tertiary/aromatic N) is 2. The summed E-state index contributed by atoms with van der Waals surface area (Å²) in [5.41, 5.74) is 0.249. The second-order valence-corrected chi connectivity index (χ2v) is 6.73. The van der Waals surface area contributed by atoms with E-state index in [0.29, 0.717) is 12.5 Å². The van der Waals surface area contributed by atoms with Crippen LogP contribution in [0.25, 0.3) is 0 Å². The second-order valence-electron chi connectivity index (χ2n) is 6.73. The van der Waals surface area contributed by atoms with Crippen molar-refractivity contribution in [3.05, 3.63) is 35.4 Å². The highest BCUT2D eigenvalue weighted by Gasteiger charge is 2.21. The highest BCUT2D eigenvalue weighted by atomic mass is 127. The number of morpholine rings is 1. The van der Waals surface area contributed by atoms with Crippen molar-refractivity contribution >= 4 is 29.9 Å². The third-order valence-corrected chi connectivity index (χ3v) is 4.20. The van der Waals surface area contributed by atoms with Gasteiger partial charge in [-0.05, 0) is 45.4 Å². The molecule has 1 fully saturated rings. The van der Waals surface area contributed by atoms with Crippen LogP contribution >= 0.6 is 24.0 Å². The first kappa shape index (κ1) is 24.0. The molecule has 2 N–H and O–H groups in total. The van der Waals surface area contributed by atoms with Crippen molar-refractivity contribution in [3.8, 4) is 0 Å². The van der Waals surface area contributed by atoms with Crippen LogP contribution in [-0.2, 0) is 11.3 Å². The zero-order valence-electron chi connectivity index (χ0n) is 16.3. The van der Waals surface area contributed by atoms with Gasteiger partial charge in [-0.2, -0.15) is 0 Å². The Balaban J connectivity index is 0.00000364. The van der Waals surface area contributed by atoms with Gasteiger partial charge in [0.25, 0.3) is 0 Å². The number of hydrogen-bond donors (Lipinski definition) is 2. The Morgan fingerprint density at radius 2 is 1.93 bits per heavy atom. The molecule has 8 heteroatoms. The molecule has 1 aliphatic heterocycles. The molecular weight excluding hydrogens is 465 g/mol. The van der Waals surface area contributed by atoms with E-state index in [2.05, 4.69) is 34.4 Å². The lowest BCUT2D eigenvalue weighted by Gasteiger charge is -2.35. The van der Waals surface area contributed by atoms with Crippen LogP contribution in [-0.4, -0.2) is 55.8 Å². The molecule has 0 radical (unpaired) electrons. The maximum atomic E-state index is 13.7. The van der Waals surface area contributed by atoms with Crippen LogP contribution in [0.1, 0.15) is 32.8 Å². The van der Waals surface area contributed by atoms with E-state index in [0.717, 1.165) is 44.7 Å². The van der Waals surface area contributed by atoms with Crippen LogP contribution in [0.2, 0.25) is 0 Å². The van der Waals surface area contributed by atoms with E-state index in [1.807, 2.05) is 6.92 Å². The molecule has 5 nitrogen and oxygen atoms in total. The SMILES string of the molecule is CCNC(=NCc1cc(F)ccc1F)NCCCN1CC(C)OC(C)C1.I. The third kappa shape index (κ3) is 8.69. The second kappa shape index (κ2) is 12.5. The van der Waals surface area contributed by atoms with Crippen molar-refractivity contribution in [3.63, 3.8) is 0 Å². The first-order chi connectivity index (χ1) is 12.5. The van der Waals surface area contributed by atoms with Crippen molar-refractivity contribution in [2.75, 3.05) is 32.7 Å². The van der Waals surface area contributed by atoms with Gasteiger partial charge in [0.1, 0.15) is 11.6 Å². The lowest BCUT2D eigenvalue weighted by molar-refractivity contribution is -0.0679. The Morgan fingerprint density at radius 1 is 1.22 bits per heavy atom. The minimum absolute atomic E-state index is 0. The summed E-state index contributed by atoms with van der Waals surface area (Å²) in [5, 5.41) is 6.38. The van der Waals surface area contributed by atoms with Crippen molar-refractivity contribution in [2.24, 2.45) is 4.99 Å². The molecule has 2 rings (SSSR count). The lowest BCUT2D eigenvalue weighted by atomic mass is 10.2. The van der Waals surface area contributed by atoms with E-state index >= 15 is 0 Å². The van der Waals surface area contributed by atoms with Crippen LogP contribution in [0.5, 0.6) is 0 Å². The zero-order chi connectivity index (χ0) is 18.9. The fraction of sp³-hybridized carbons (Fsp3) is 0.632. The van der Waals surface area contributed by atoms with Crippen LogP contribution < -0.4 is 10.6 Å². The average molecular weight is 496 g/mol. The number of nitrogens with one attached hydrogen (secondary N) is 2. The molecule has 2 atom stereocenters. The summed E-state index contributed by atoms with van der Waals surface area (Å²) in [7, 11) is 0. The van der Waals surface area contributed by atoms with Crippen LogP contribution in [0, 0.1) is 11.6 Å². The summed E-state index contributed by atoms with van der Waals surface area (Å²) in [6, 6.07) is 3.42. The fourth-order valence-corrected chi connectivity index (χ4v) is 3.15. The molecule has 0 bridgehead atoms. The largest absolute Gasteiger partial charge is 0.373 e. The van der Waals surface area contributed by atoms with E-state index in [1.54, 1.807) is 0 Å². The van der Waals surface area contributed by atoms with E-state index in [1.165, 1.54) is 6.07 Å². The number of hydrogen-bond acceptors (Lipinski definition) is 3. The summed E-state index contributed by atoms with van der Waals surface area (Å²) < 4.78 is 32.7. The smallest absolute Gasteiger partial charge is 0.191 e. The van der Waals surface area contributed by atoms with Gasteiger partial charge in [-0.3, -0.25) is 4.90 Å². The van der Waals surface area contributed by atoms with Gasteiger partial charge < -0.3 is 15.4 Å². The van der Waals surface area contributed by atoms with Crippen molar-refractivity contribution in [1.82, 2.24) is 15.5 Å². The van der Waals surface area contributed by atoms with Crippen molar-refractivity contribution < 1.29 is 13.5 Å². The standard InChI is InChI=1S/C19H30F2N4O.HI/c1-4-22-19(24-11-16-10-17(20)6-7-18(16)21)23-8-5-9-25-12-14(2)26-15(3)13-25;/h6-7,10,14-15H,4-5,8-9,11-13H2,1-3H3,(H2,22,23,24);1H. The van der Waals surface area contributed by atoms with E-state index in [-0.39, 0.29) is 48.3 Å². The summed E-state index contributed by atoms with van der Waals surface area (Å²) >= 11 is 0. The van der Waals surface area contributed by atoms with Gasteiger partial charge in [-0.25, -0.2) is 13.8 Å². The van der Waals surface area contributed by atoms with Gasteiger partial charge in [0.05, 0.1) is 18.8 Å². The molecule has 0 saturated carbocycles. The van der Waals surface area contributed by atoms with Gasteiger partial charge in [0.15, 0.2) is 5.96 Å². The topological polar surface area (TPSA) is 48.9 Å². The number of benzene rings is 1. The number of guanidine groups is 1. The highest BCUT2D eigenvalue weighted by Crippen LogP contribution is 2.11. The first-order valence-corrected chi connectivity index (χ1v) is 9.31. The Hall–Kier alpha value is -1.00. The number of aliphatic imine (C=N–C) groups is 1. The van der Waals surface area contributed by atoms with Gasteiger partial charge >= 0.3 is 0 Å². The average Bonchev–Trinajstić information content (AvgIpc) is 2.58. The van der Waals surface area contributed by atoms with Crippen LogP contribution in [0.15, 0.2) is 23.2 Å². The Labute approximate surface area is 178 Å². The summed E-state index contributed by atoms with van der Waals surface area (Å²) in [5.74, 6) is -0.287. The van der Waals surface area contributed by atoms with Gasteiger partial charge in [0.2, 0.25) is 0 Å². The molecule has 1 saturated heterocycles. The molecule has 1 aliphatic rings. The molecular formula is C19H31F2IN4O. The summed E-state index contributed by atoms with van der Waals surface area (Å²) in [6.07, 6.45) is 1.51.